The lowest BCUT2D eigenvalue weighted by molar-refractivity contribution is 0.329. The van der Waals surface area contributed by atoms with E-state index in [1.165, 1.54) is 19.3 Å². The van der Waals surface area contributed by atoms with Gasteiger partial charge in [-0.3, -0.25) is 4.98 Å². The third-order valence-electron chi connectivity index (χ3n) is 3.24. The van der Waals surface area contributed by atoms with Crippen molar-refractivity contribution in [2.24, 2.45) is 5.92 Å². The first-order chi connectivity index (χ1) is 7.79. The SMILES string of the molecule is CNC1CCC(C)CC1Sc1cnccn1. The Bertz CT molecular complexity index is 317. The van der Waals surface area contributed by atoms with Crippen LogP contribution in [0.2, 0.25) is 0 Å². The molecule has 0 spiro atoms. The van der Waals surface area contributed by atoms with Gasteiger partial charge in [0.15, 0.2) is 0 Å². The number of thioether (sulfide) groups is 1. The van der Waals surface area contributed by atoms with Gasteiger partial charge in [-0.2, -0.15) is 0 Å². The van der Waals surface area contributed by atoms with Gasteiger partial charge < -0.3 is 5.32 Å². The van der Waals surface area contributed by atoms with Crippen molar-refractivity contribution in [1.29, 1.82) is 0 Å². The van der Waals surface area contributed by atoms with E-state index in [0.29, 0.717) is 11.3 Å². The third-order valence-corrected chi connectivity index (χ3v) is 4.51. The predicted octanol–water partition coefficient (Wildman–Crippen LogP) is 2.35. The van der Waals surface area contributed by atoms with E-state index in [1.807, 2.05) is 18.0 Å². The van der Waals surface area contributed by atoms with Crippen LogP contribution >= 0.6 is 11.8 Å². The molecule has 1 fully saturated rings. The third kappa shape index (κ3) is 2.95. The van der Waals surface area contributed by atoms with E-state index in [2.05, 4.69) is 29.3 Å². The van der Waals surface area contributed by atoms with Crippen LogP contribution in [0, 0.1) is 5.92 Å². The molecule has 0 aliphatic heterocycles. The fraction of sp³-hybridized carbons (Fsp3) is 0.667. The van der Waals surface area contributed by atoms with E-state index in [4.69, 9.17) is 0 Å². The Morgan fingerprint density at radius 3 is 2.94 bits per heavy atom. The summed E-state index contributed by atoms with van der Waals surface area (Å²) in [5.41, 5.74) is 0. The van der Waals surface area contributed by atoms with Gasteiger partial charge in [-0.25, -0.2) is 4.98 Å². The average molecular weight is 237 g/mol. The van der Waals surface area contributed by atoms with Crippen molar-refractivity contribution in [2.45, 2.75) is 42.5 Å². The highest BCUT2D eigenvalue weighted by Crippen LogP contribution is 2.35. The molecule has 16 heavy (non-hydrogen) atoms. The minimum atomic E-state index is 0.614. The molecule has 3 unspecified atom stereocenters. The monoisotopic (exact) mass is 237 g/mol. The van der Waals surface area contributed by atoms with Crippen molar-refractivity contribution in [2.75, 3.05) is 7.05 Å². The lowest BCUT2D eigenvalue weighted by Crippen LogP contribution is -2.40. The fourth-order valence-corrected chi connectivity index (χ4v) is 3.71. The fourth-order valence-electron chi connectivity index (χ4n) is 2.29. The Hall–Kier alpha value is -0.610. The van der Waals surface area contributed by atoms with Crippen molar-refractivity contribution in [3.63, 3.8) is 0 Å². The van der Waals surface area contributed by atoms with Crippen molar-refractivity contribution in [1.82, 2.24) is 15.3 Å². The summed E-state index contributed by atoms with van der Waals surface area (Å²) in [6, 6.07) is 0.614. The molecule has 0 amide bonds. The Balaban J connectivity index is 2.01. The Labute approximate surface area is 101 Å². The Kier molecular flexibility index (Phi) is 4.18. The average Bonchev–Trinajstić information content (AvgIpc) is 2.31. The minimum Gasteiger partial charge on any atom is -0.316 e. The van der Waals surface area contributed by atoms with Gasteiger partial charge in [0, 0.05) is 23.7 Å². The van der Waals surface area contributed by atoms with Crippen LogP contribution in [0.4, 0.5) is 0 Å². The van der Waals surface area contributed by atoms with Crippen LogP contribution < -0.4 is 5.32 Å². The molecule has 0 bridgehead atoms. The molecule has 0 saturated heterocycles. The Morgan fingerprint density at radius 2 is 2.25 bits per heavy atom. The van der Waals surface area contributed by atoms with E-state index in [0.717, 1.165) is 10.9 Å². The molecule has 1 saturated carbocycles. The van der Waals surface area contributed by atoms with Gasteiger partial charge in [-0.1, -0.05) is 18.7 Å². The summed E-state index contributed by atoms with van der Waals surface area (Å²) in [5, 5.41) is 5.10. The topological polar surface area (TPSA) is 37.8 Å². The summed E-state index contributed by atoms with van der Waals surface area (Å²) in [5.74, 6) is 0.832. The highest BCUT2D eigenvalue weighted by Gasteiger charge is 2.28. The molecule has 0 aromatic carbocycles. The molecule has 1 heterocycles. The lowest BCUT2D eigenvalue weighted by Gasteiger charge is -2.33. The second-order valence-corrected chi connectivity index (χ2v) is 5.77. The molecule has 0 radical (unpaired) electrons. The number of nitrogens with one attached hydrogen (secondary N) is 1. The maximum Gasteiger partial charge on any atom is 0.115 e. The van der Waals surface area contributed by atoms with E-state index in [-0.39, 0.29) is 0 Å². The summed E-state index contributed by atoms with van der Waals surface area (Å²) in [4.78, 5) is 8.46. The van der Waals surface area contributed by atoms with E-state index in [9.17, 15) is 0 Å². The van der Waals surface area contributed by atoms with E-state index >= 15 is 0 Å². The molecule has 1 aromatic rings. The standard InChI is InChI=1S/C12H19N3S/c1-9-3-4-10(13-2)11(7-9)16-12-8-14-5-6-15-12/h5-6,8-11,13H,3-4,7H2,1-2H3. The quantitative estimate of drug-likeness (QED) is 0.875. The van der Waals surface area contributed by atoms with Crippen LogP contribution in [0.15, 0.2) is 23.6 Å². The van der Waals surface area contributed by atoms with Crippen molar-refractivity contribution in [3.05, 3.63) is 18.6 Å². The van der Waals surface area contributed by atoms with Crippen LogP contribution in [0.1, 0.15) is 26.2 Å². The zero-order valence-electron chi connectivity index (χ0n) is 9.89. The van der Waals surface area contributed by atoms with Gasteiger partial charge in [0.1, 0.15) is 5.03 Å². The highest BCUT2D eigenvalue weighted by atomic mass is 32.2. The molecular weight excluding hydrogens is 218 g/mol. The van der Waals surface area contributed by atoms with Crippen LogP contribution in [-0.4, -0.2) is 28.3 Å². The van der Waals surface area contributed by atoms with Crippen LogP contribution in [0.5, 0.6) is 0 Å². The summed E-state index contributed by atoms with van der Waals surface area (Å²) < 4.78 is 0. The van der Waals surface area contributed by atoms with Gasteiger partial charge in [0.25, 0.3) is 0 Å². The lowest BCUT2D eigenvalue weighted by atomic mass is 9.87. The number of aromatic nitrogens is 2. The van der Waals surface area contributed by atoms with Crippen molar-refractivity contribution >= 4 is 11.8 Å². The first kappa shape index (κ1) is 11.9. The summed E-state index contributed by atoms with van der Waals surface area (Å²) >= 11 is 1.86. The predicted molar refractivity (Wildman–Crippen MR) is 67.5 cm³/mol. The highest BCUT2D eigenvalue weighted by molar-refractivity contribution is 7.99. The summed E-state index contributed by atoms with van der Waals surface area (Å²) in [6.07, 6.45) is 9.23. The maximum absolute atomic E-state index is 4.34. The second kappa shape index (κ2) is 5.64. The van der Waals surface area contributed by atoms with Gasteiger partial charge in [-0.05, 0) is 32.2 Å². The molecule has 1 N–H and O–H groups in total. The largest absolute Gasteiger partial charge is 0.316 e. The zero-order valence-corrected chi connectivity index (χ0v) is 10.7. The molecule has 1 aromatic heterocycles. The first-order valence-corrected chi connectivity index (χ1v) is 6.77. The summed E-state index contributed by atoms with van der Waals surface area (Å²) in [6.45, 7) is 2.34. The molecule has 1 aliphatic carbocycles. The van der Waals surface area contributed by atoms with Crippen molar-refractivity contribution < 1.29 is 0 Å². The molecule has 1 aliphatic rings. The molecular formula is C12H19N3S. The second-order valence-electron chi connectivity index (χ2n) is 4.51. The van der Waals surface area contributed by atoms with E-state index in [1.54, 1.807) is 12.4 Å². The van der Waals surface area contributed by atoms with Gasteiger partial charge in [-0.15, -0.1) is 0 Å². The first-order valence-electron chi connectivity index (χ1n) is 5.89. The van der Waals surface area contributed by atoms with Crippen LogP contribution in [-0.2, 0) is 0 Å². The molecule has 88 valence electrons. The Morgan fingerprint density at radius 1 is 1.38 bits per heavy atom. The molecule has 3 nitrogen and oxygen atoms in total. The normalized spacial score (nSPS) is 30.2. The van der Waals surface area contributed by atoms with Gasteiger partial charge in [0.2, 0.25) is 0 Å². The van der Waals surface area contributed by atoms with Crippen LogP contribution in [0.25, 0.3) is 0 Å². The number of hydrogen-bond acceptors (Lipinski definition) is 4. The maximum atomic E-state index is 4.34. The minimum absolute atomic E-state index is 0.614. The summed E-state index contributed by atoms with van der Waals surface area (Å²) in [7, 11) is 2.06. The number of rotatable bonds is 3. The van der Waals surface area contributed by atoms with Crippen molar-refractivity contribution in [3.8, 4) is 0 Å². The van der Waals surface area contributed by atoms with Crippen LogP contribution in [0.3, 0.4) is 0 Å². The zero-order chi connectivity index (χ0) is 11.4. The molecule has 2 rings (SSSR count). The smallest absolute Gasteiger partial charge is 0.115 e. The number of nitrogens with zero attached hydrogens (tertiary/aromatic N) is 2. The molecule has 4 heteroatoms. The van der Waals surface area contributed by atoms with E-state index < -0.39 is 0 Å². The number of hydrogen-bond donors (Lipinski definition) is 1. The van der Waals surface area contributed by atoms with Gasteiger partial charge in [0.05, 0.1) is 6.20 Å². The molecule has 3 atom stereocenters. The van der Waals surface area contributed by atoms with Gasteiger partial charge >= 0.3 is 0 Å².